The first-order valence-corrected chi connectivity index (χ1v) is 12.1. The zero-order valence-corrected chi connectivity index (χ0v) is 22.3. The maximum atomic E-state index is 13.2. The molecule has 0 aliphatic carbocycles. The number of hydrogen-bond acceptors (Lipinski definition) is 6. The van der Waals surface area contributed by atoms with E-state index < -0.39 is 0 Å². The number of aromatic nitrogens is 2. The molecule has 1 aliphatic rings. The average Bonchev–Trinajstić information content (AvgIpc) is 3.44. The molecule has 0 saturated heterocycles. The van der Waals surface area contributed by atoms with Gasteiger partial charge in [-0.05, 0) is 42.3 Å². The van der Waals surface area contributed by atoms with E-state index in [1.54, 1.807) is 17.0 Å². The van der Waals surface area contributed by atoms with E-state index in [1.165, 1.54) is 11.1 Å². The van der Waals surface area contributed by atoms with Crippen LogP contribution in [0.3, 0.4) is 0 Å². The number of anilines is 1. The molecule has 0 unspecified atom stereocenters. The number of hydrogen-bond donors (Lipinski definition) is 2. The number of carbonyl (C=O) groups excluding carboxylic acids is 2. The monoisotopic (exact) mass is 513 g/mol. The van der Waals surface area contributed by atoms with Crippen molar-refractivity contribution >= 4 is 40.8 Å². The van der Waals surface area contributed by atoms with E-state index in [4.69, 9.17) is 0 Å². The van der Waals surface area contributed by atoms with Gasteiger partial charge in [0.25, 0.3) is 5.91 Å². The number of amides is 2. The van der Waals surface area contributed by atoms with Crippen molar-refractivity contribution in [2.24, 2.45) is 7.05 Å². The summed E-state index contributed by atoms with van der Waals surface area (Å²) in [6.07, 6.45) is 1.83. The fraction of sp³-hybridized carbons (Fsp3) is 0.423. The molecular formula is C26H36ClN7O2. The minimum Gasteiger partial charge on any atom is -0.376 e. The summed E-state index contributed by atoms with van der Waals surface area (Å²) in [6.45, 7) is 7.48. The number of nitrogens with one attached hydrogen (secondary N) is 2. The fourth-order valence-electron chi connectivity index (χ4n) is 4.42. The summed E-state index contributed by atoms with van der Waals surface area (Å²) in [5, 5.41) is 15.6. The first kappa shape index (κ1) is 27.4. The number of hydrazine groups is 1. The van der Waals surface area contributed by atoms with E-state index in [-0.39, 0.29) is 37.3 Å². The maximum Gasteiger partial charge on any atom is 0.256 e. The number of benzene rings is 2. The summed E-state index contributed by atoms with van der Waals surface area (Å²) in [6, 6.07) is 12.3. The van der Waals surface area contributed by atoms with E-state index in [1.807, 2.05) is 55.0 Å². The first-order valence-electron chi connectivity index (χ1n) is 12.1. The zero-order chi connectivity index (χ0) is 24.9. The van der Waals surface area contributed by atoms with Crippen LogP contribution in [0.1, 0.15) is 23.6 Å². The van der Waals surface area contributed by atoms with Gasteiger partial charge in [-0.25, -0.2) is 5.01 Å². The van der Waals surface area contributed by atoms with Crippen LogP contribution >= 0.6 is 12.4 Å². The molecular weight excluding hydrogens is 478 g/mol. The molecule has 2 amide bonds. The molecule has 36 heavy (non-hydrogen) atoms. The highest BCUT2D eigenvalue weighted by molar-refractivity contribution is 5.88. The standard InChI is InChI=1S/C26H35N7O2.ClH/c1-5-27-10-11-32(18-26(35)31(4)33-16-20-8-6-7-9-21(20)17-33)25(34)15-28-23-13-24-22(12-19(23)2)14-29-30(24)3;/h6-9,12-14,27-28H,5,10-11,15-18H2,1-4H3;1H. The minimum atomic E-state index is -0.112. The highest BCUT2D eigenvalue weighted by Crippen LogP contribution is 2.24. The third-order valence-electron chi connectivity index (χ3n) is 6.62. The Morgan fingerprint density at radius 3 is 2.47 bits per heavy atom. The Morgan fingerprint density at radius 1 is 1.11 bits per heavy atom. The predicted molar refractivity (Wildman–Crippen MR) is 145 cm³/mol. The van der Waals surface area contributed by atoms with Gasteiger partial charge in [0.15, 0.2) is 0 Å². The minimum absolute atomic E-state index is 0. The van der Waals surface area contributed by atoms with Crippen molar-refractivity contribution in [1.29, 1.82) is 0 Å². The highest BCUT2D eigenvalue weighted by atomic mass is 35.5. The Hall–Kier alpha value is -3.14. The van der Waals surface area contributed by atoms with Crippen LogP contribution in [0, 0.1) is 6.92 Å². The molecule has 1 aliphatic heterocycles. The molecule has 2 heterocycles. The Bertz CT molecular complexity index is 1190. The number of halogens is 1. The molecule has 2 N–H and O–H groups in total. The largest absolute Gasteiger partial charge is 0.376 e. The number of aryl methyl sites for hydroxylation is 2. The lowest BCUT2D eigenvalue weighted by atomic mass is 10.1. The van der Waals surface area contributed by atoms with Crippen molar-refractivity contribution in [3.05, 3.63) is 59.3 Å². The van der Waals surface area contributed by atoms with E-state index >= 15 is 0 Å². The van der Waals surface area contributed by atoms with Crippen molar-refractivity contribution in [1.82, 2.24) is 30.0 Å². The molecule has 0 saturated carbocycles. The van der Waals surface area contributed by atoms with Gasteiger partial charge in [-0.3, -0.25) is 19.3 Å². The van der Waals surface area contributed by atoms with Crippen LogP contribution in [0.15, 0.2) is 42.6 Å². The van der Waals surface area contributed by atoms with Gasteiger partial charge in [0, 0.05) is 51.3 Å². The Kier molecular flexibility index (Phi) is 9.31. The van der Waals surface area contributed by atoms with Crippen molar-refractivity contribution in [2.75, 3.05) is 45.1 Å². The third-order valence-corrected chi connectivity index (χ3v) is 6.62. The van der Waals surface area contributed by atoms with Crippen LogP contribution in [0.4, 0.5) is 5.69 Å². The summed E-state index contributed by atoms with van der Waals surface area (Å²) in [4.78, 5) is 28.0. The van der Waals surface area contributed by atoms with Crippen molar-refractivity contribution in [2.45, 2.75) is 26.9 Å². The van der Waals surface area contributed by atoms with Crippen molar-refractivity contribution < 1.29 is 9.59 Å². The summed E-state index contributed by atoms with van der Waals surface area (Å²) in [5.74, 6) is -0.214. The predicted octanol–water partition coefficient (Wildman–Crippen LogP) is 2.54. The first-order chi connectivity index (χ1) is 16.9. The van der Waals surface area contributed by atoms with Crippen LogP contribution in [-0.2, 0) is 29.7 Å². The number of fused-ring (bicyclic) bond motifs is 2. The topological polar surface area (TPSA) is 85.7 Å². The van der Waals surface area contributed by atoms with Crippen LogP contribution in [0.25, 0.3) is 10.9 Å². The normalized spacial score (nSPS) is 12.8. The molecule has 10 heteroatoms. The third kappa shape index (κ3) is 6.16. The second-order valence-corrected chi connectivity index (χ2v) is 9.03. The van der Waals surface area contributed by atoms with E-state index in [0.717, 1.165) is 28.7 Å². The fourth-order valence-corrected chi connectivity index (χ4v) is 4.42. The van der Waals surface area contributed by atoms with Gasteiger partial charge in [-0.15, -0.1) is 12.4 Å². The van der Waals surface area contributed by atoms with E-state index in [0.29, 0.717) is 26.2 Å². The van der Waals surface area contributed by atoms with E-state index in [9.17, 15) is 9.59 Å². The second kappa shape index (κ2) is 12.2. The van der Waals surface area contributed by atoms with Crippen molar-refractivity contribution in [3.8, 4) is 0 Å². The number of nitrogens with zero attached hydrogens (tertiary/aromatic N) is 5. The molecule has 1 aromatic heterocycles. The van der Waals surface area contributed by atoms with Gasteiger partial charge in [0.05, 0.1) is 18.3 Å². The van der Waals surface area contributed by atoms with Gasteiger partial charge in [0.2, 0.25) is 5.91 Å². The van der Waals surface area contributed by atoms with Crippen LogP contribution in [0.5, 0.6) is 0 Å². The molecule has 0 radical (unpaired) electrons. The van der Waals surface area contributed by atoms with E-state index in [2.05, 4.69) is 33.9 Å². The molecule has 194 valence electrons. The van der Waals surface area contributed by atoms with Crippen LogP contribution < -0.4 is 10.6 Å². The average molecular weight is 514 g/mol. The number of likely N-dealkylation sites (N-methyl/N-ethyl adjacent to an activating group) is 2. The lowest BCUT2D eigenvalue weighted by Gasteiger charge is -2.31. The Morgan fingerprint density at radius 2 is 1.81 bits per heavy atom. The molecule has 0 fully saturated rings. The van der Waals surface area contributed by atoms with Crippen LogP contribution in [-0.4, -0.2) is 76.3 Å². The molecule has 0 bridgehead atoms. The summed E-state index contributed by atoms with van der Waals surface area (Å²) < 4.78 is 1.82. The number of carbonyl (C=O) groups is 2. The lowest BCUT2D eigenvalue weighted by molar-refractivity contribution is -0.151. The van der Waals surface area contributed by atoms with Gasteiger partial charge in [-0.1, -0.05) is 31.2 Å². The summed E-state index contributed by atoms with van der Waals surface area (Å²) in [7, 11) is 3.68. The smallest absolute Gasteiger partial charge is 0.256 e. The highest BCUT2D eigenvalue weighted by Gasteiger charge is 2.27. The lowest BCUT2D eigenvalue weighted by Crippen LogP contribution is -2.49. The molecule has 0 atom stereocenters. The SMILES string of the molecule is CCNCCN(CC(=O)N(C)N1Cc2ccccc2C1)C(=O)CNc1cc2c(cnn2C)cc1C.Cl. The quantitative estimate of drug-likeness (QED) is 0.405. The van der Waals surface area contributed by atoms with Crippen LogP contribution in [0.2, 0.25) is 0 Å². The molecule has 4 rings (SSSR count). The molecule has 2 aromatic carbocycles. The Labute approximate surface area is 218 Å². The number of rotatable bonds is 10. The molecule has 0 spiro atoms. The second-order valence-electron chi connectivity index (χ2n) is 9.03. The molecule has 3 aromatic rings. The molecule has 9 nitrogen and oxygen atoms in total. The van der Waals surface area contributed by atoms with Crippen molar-refractivity contribution in [3.63, 3.8) is 0 Å². The van der Waals surface area contributed by atoms with Gasteiger partial charge in [-0.2, -0.15) is 5.10 Å². The zero-order valence-electron chi connectivity index (χ0n) is 21.5. The van der Waals surface area contributed by atoms with Gasteiger partial charge >= 0.3 is 0 Å². The summed E-state index contributed by atoms with van der Waals surface area (Å²) >= 11 is 0. The summed E-state index contributed by atoms with van der Waals surface area (Å²) in [5.41, 5.74) is 5.40. The Balaban J connectivity index is 0.00000361. The van der Waals surface area contributed by atoms with Gasteiger partial charge < -0.3 is 15.5 Å². The maximum absolute atomic E-state index is 13.2. The van der Waals surface area contributed by atoms with Gasteiger partial charge in [0.1, 0.15) is 6.54 Å².